The molecule has 8 nitrogen and oxygen atoms in total. The van der Waals surface area contributed by atoms with Crippen molar-refractivity contribution in [3.05, 3.63) is 106 Å². The Morgan fingerprint density at radius 3 is 2.29 bits per heavy atom. The van der Waals surface area contributed by atoms with Crippen LogP contribution in [0.15, 0.2) is 78.8 Å². The molecule has 0 aliphatic carbocycles. The van der Waals surface area contributed by atoms with Gasteiger partial charge in [0.25, 0.3) is 17.5 Å². The van der Waals surface area contributed by atoms with Crippen molar-refractivity contribution >= 4 is 28.8 Å². The summed E-state index contributed by atoms with van der Waals surface area (Å²) in [6.07, 6.45) is 3.19. The quantitative estimate of drug-likeness (QED) is 0.375. The minimum atomic E-state index is -0.512. The number of carbonyl (C=O) groups is 2. The monoisotopic (exact) mass is 414 g/mol. The Morgan fingerprint density at radius 1 is 0.968 bits per heavy atom. The topological polar surface area (TPSA) is 105 Å². The molecule has 1 aromatic heterocycles. The minimum absolute atomic E-state index is 0.0929. The van der Waals surface area contributed by atoms with Crippen molar-refractivity contribution in [1.29, 1.82) is 0 Å². The summed E-state index contributed by atoms with van der Waals surface area (Å²) >= 11 is 0. The molecule has 0 saturated carbocycles. The van der Waals surface area contributed by atoms with Crippen molar-refractivity contribution in [3.8, 4) is 0 Å². The lowest BCUT2D eigenvalue weighted by Crippen LogP contribution is -2.32. The van der Waals surface area contributed by atoms with Crippen molar-refractivity contribution in [1.82, 2.24) is 9.88 Å². The number of benzene rings is 2. The van der Waals surface area contributed by atoms with E-state index in [4.69, 9.17) is 0 Å². The SMILES string of the molecule is Cc1ccccc1NC1=C(c2ccc([N+](=O)[O-])cc2)C(=O)N(Cc2ccncc2)C1=O. The fourth-order valence-corrected chi connectivity index (χ4v) is 3.37. The number of hydrogen-bond acceptors (Lipinski definition) is 6. The Labute approximate surface area is 178 Å². The summed E-state index contributed by atoms with van der Waals surface area (Å²) in [6.45, 7) is 1.99. The zero-order chi connectivity index (χ0) is 22.0. The van der Waals surface area contributed by atoms with E-state index in [1.54, 1.807) is 24.5 Å². The van der Waals surface area contributed by atoms with Gasteiger partial charge < -0.3 is 5.32 Å². The molecule has 0 fully saturated rings. The molecule has 1 N–H and O–H groups in total. The molecule has 0 radical (unpaired) electrons. The van der Waals surface area contributed by atoms with Crippen LogP contribution in [0.2, 0.25) is 0 Å². The molecule has 0 spiro atoms. The van der Waals surface area contributed by atoms with Crippen LogP contribution in [-0.4, -0.2) is 26.6 Å². The number of nitro benzene ring substituents is 1. The van der Waals surface area contributed by atoms with Crippen LogP contribution in [-0.2, 0) is 16.1 Å². The Morgan fingerprint density at radius 2 is 1.65 bits per heavy atom. The highest BCUT2D eigenvalue weighted by Gasteiger charge is 2.39. The van der Waals surface area contributed by atoms with Crippen LogP contribution in [0.4, 0.5) is 11.4 Å². The van der Waals surface area contributed by atoms with Gasteiger partial charge in [-0.3, -0.25) is 29.6 Å². The van der Waals surface area contributed by atoms with Gasteiger partial charge in [0.1, 0.15) is 5.70 Å². The van der Waals surface area contributed by atoms with Gasteiger partial charge in [-0.05, 0) is 53.9 Å². The normalized spacial score (nSPS) is 13.6. The number of nitro groups is 1. The largest absolute Gasteiger partial charge is 0.350 e. The number of rotatable bonds is 6. The van der Waals surface area contributed by atoms with E-state index in [1.807, 2.05) is 31.2 Å². The number of carbonyl (C=O) groups excluding carboxylic acids is 2. The van der Waals surface area contributed by atoms with Crippen LogP contribution in [0.5, 0.6) is 0 Å². The van der Waals surface area contributed by atoms with E-state index < -0.39 is 16.7 Å². The third kappa shape index (κ3) is 3.91. The molecule has 0 bridgehead atoms. The summed E-state index contributed by atoms with van der Waals surface area (Å²) in [5, 5.41) is 14.1. The van der Waals surface area contributed by atoms with E-state index in [9.17, 15) is 19.7 Å². The van der Waals surface area contributed by atoms with Gasteiger partial charge in [0.05, 0.1) is 17.0 Å². The lowest BCUT2D eigenvalue weighted by atomic mass is 10.0. The van der Waals surface area contributed by atoms with Crippen LogP contribution in [0, 0.1) is 17.0 Å². The zero-order valence-corrected chi connectivity index (χ0v) is 16.6. The highest BCUT2D eigenvalue weighted by Crippen LogP contribution is 2.32. The van der Waals surface area contributed by atoms with Gasteiger partial charge in [0.2, 0.25) is 0 Å². The molecule has 154 valence electrons. The van der Waals surface area contributed by atoms with Crippen LogP contribution >= 0.6 is 0 Å². The van der Waals surface area contributed by atoms with Crippen molar-refractivity contribution in [3.63, 3.8) is 0 Å². The van der Waals surface area contributed by atoms with E-state index in [-0.39, 0.29) is 23.5 Å². The first kappa shape index (κ1) is 20.0. The number of aromatic nitrogens is 1. The Balaban J connectivity index is 1.76. The van der Waals surface area contributed by atoms with E-state index in [2.05, 4.69) is 10.3 Å². The molecule has 1 aliphatic heterocycles. The summed E-state index contributed by atoms with van der Waals surface area (Å²) in [4.78, 5) is 42.1. The first-order valence-electron chi connectivity index (χ1n) is 9.52. The van der Waals surface area contributed by atoms with Crippen molar-refractivity contribution in [2.45, 2.75) is 13.5 Å². The molecule has 31 heavy (non-hydrogen) atoms. The Hall–Kier alpha value is -4.33. The predicted octanol–water partition coefficient (Wildman–Crippen LogP) is 3.69. The predicted molar refractivity (Wildman–Crippen MR) is 115 cm³/mol. The number of imide groups is 1. The maximum Gasteiger partial charge on any atom is 0.278 e. The number of hydrogen-bond donors (Lipinski definition) is 1. The third-order valence-corrected chi connectivity index (χ3v) is 5.03. The van der Waals surface area contributed by atoms with E-state index in [0.29, 0.717) is 11.3 Å². The van der Waals surface area contributed by atoms with Crippen molar-refractivity contribution < 1.29 is 14.5 Å². The second-order valence-electron chi connectivity index (χ2n) is 7.05. The maximum absolute atomic E-state index is 13.3. The number of pyridine rings is 1. The molecule has 3 aromatic rings. The fraction of sp³-hybridized carbons (Fsp3) is 0.0870. The molecular weight excluding hydrogens is 396 g/mol. The molecule has 0 unspecified atom stereocenters. The van der Waals surface area contributed by atoms with Crippen LogP contribution in [0.1, 0.15) is 16.7 Å². The number of amides is 2. The molecule has 2 aromatic carbocycles. The standard InChI is InChI=1S/C23H18N4O4/c1-15-4-2-3-5-19(15)25-21-20(17-6-8-18(9-7-17)27(30)31)22(28)26(23(21)29)14-16-10-12-24-13-11-16/h2-13,25H,14H2,1H3. The molecule has 2 heterocycles. The van der Waals surface area contributed by atoms with Crippen LogP contribution in [0.3, 0.4) is 0 Å². The van der Waals surface area contributed by atoms with E-state index in [0.717, 1.165) is 16.0 Å². The van der Waals surface area contributed by atoms with Crippen molar-refractivity contribution in [2.75, 3.05) is 5.32 Å². The number of anilines is 1. The highest BCUT2D eigenvalue weighted by molar-refractivity contribution is 6.36. The van der Waals surface area contributed by atoms with Crippen LogP contribution in [0.25, 0.3) is 5.57 Å². The van der Waals surface area contributed by atoms with Gasteiger partial charge >= 0.3 is 0 Å². The fourth-order valence-electron chi connectivity index (χ4n) is 3.37. The smallest absolute Gasteiger partial charge is 0.278 e. The van der Waals surface area contributed by atoms with Gasteiger partial charge in [-0.25, -0.2) is 0 Å². The number of nitrogens with zero attached hydrogens (tertiary/aromatic N) is 3. The number of nitrogens with one attached hydrogen (secondary N) is 1. The molecule has 8 heteroatoms. The molecule has 4 rings (SSSR count). The average molecular weight is 414 g/mol. The maximum atomic E-state index is 13.3. The second-order valence-corrected chi connectivity index (χ2v) is 7.05. The number of non-ortho nitro benzene ring substituents is 1. The number of para-hydroxylation sites is 1. The van der Waals surface area contributed by atoms with Gasteiger partial charge in [0, 0.05) is 30.2 Å². The molecule has 2 amide bonds. The number of aryl methyl sites for hydroxylation is 1. The minimum Gasteiger partial charge on any atom is -0.350 e. The van der Waals surface area contributed by atoms with Gasteiger partial charge in [0.15, 0.2) is 0 Å². The summed E-state index contributed by atoms with van der Waals surface area (Å²) in [5.41, 5.74) is 3.02. The van der Waals surface area contributed by atoms with Crippen molar-refractivity contribution in [2.24, 2.45) is 0 Å². The molecular formula is C23H18N4O4. The first-order chi connectivity index (χ1) is 15.0. The summed E-state index contributed by atoms with van der Waals surface area (Å²) in [5.74, 6) is -0.926. The first-order valence-corrected chi connectivity index (χ1v) is 9.52. The molecule has 1 aliphatic rings. The molecule has 0 atom stereocenters. The molecule has 0 saturated heterocycles. The van der Waals surface area contributed by atoms with Crippen LogP contribution < -0.4 is 5.32 Å². The summed E-state index contributed by atoms with van der Waals surface area (Å²) < 4.78 is 0. The second kappa shape index (κ2) is 8.19. The Bertz CT molecular complexity index is 1200. The average Bonchev–Trinajstić information content (AvgIpc) is 3.00. The summed E-state index contributed by atoms with van der Waals surface area (Å²) in [6, 6.07) is 16.5. The third-order valence-electron chi connectivity index (χ3n) is 5.03. The Kier molecular flexibility index (Phi) is 5.28. The zero-order valence-electron chi connectivity index (χ0n) is 16.6. The lowest BCUT2D eigenvalue weighted by Gasteiger charge is -2.15. The van der Waals surface area contributed by atoms with Gasteiger partial charge in [-0.2, -0.15) is 0 Å². The van der Waals surface area contributed by atoms with Gasteiger partial charge in [-0.1, -0.05) is 18.2 Å². The highest BCUT2D eigenvalue weighted by atomic mass is 16.6. The van der Waals surface area contributed by atoms with E-state index in [1.165, 1.54) is 24.3 Å². The summed E-state index contributed by atoms with van der Waals surface area (Å²) in [7, 11) is 0. The van der Waals surface area contributed by atoms with E-state index >= 15 is 0 Å². The van der Waals surface area contributed by atoms with Gasteiger partial charge in [-0.15, -0.1) is 0 Å². The lowest BCUT2D eigenvalue weighted by molar-refractivity contribution is -0.384.